The third-order valence-corrected chi connectivity index (χ3v) is 3.90. The Kier molecular flexibility index (Phi) is 6.00. The van der Waals surface area contributed by atoms with Gasteiger partial charge in [-0.05, 0) is 77.1 Å². The van der Waals surface area contributed by atoms with Crippen LogP contribution in [0.25, 0.3) is 0 Å². The highest BCUT2D eigenvalue weighted by atomic mass is 16.3. The van der Waals surface area contributed by atoms with E-state index < -0.39 is 5.60 Å². The van der Waals surface area contributed by atoms with Gasteiger partial charge in [0.2, 0.25) is 0 Å². The molecular formula is C17H29N3O. The smallest absolute Gasteiger partial charge is 0.129 e. The molecule has 2 heterocycles. The van der Waals surface area contributed by atoms with E-state index >= 15 is 0 Å². The van der Waals surface area contributed by atoms with Gasteiger partial charge in [-0.3, -0.25) is 0 Å². The fraction of sp³-hybridized carbons (Fsp3) is 0.706. The minimum absolute atomic E-state index is 0.562. The average Bonchev–Trinajstić information content (AvgIpc) is 2.45. The molecule has 4 nitrogen and oxygen atoms in total. The lowest BCUT2D eigenvalue weighted by Crippen LogP contribution is -2.27. The summed E-state index contributed by atoms with van der Waals surface area (Å²) in [6.45, 7) is 6.65. The van der Waals surface area contributed by atoms with Gasteiger partial charge in [0, 0.05) is 12.2 Å². The van der Waals surface area contributed by atoms with Crippen LogP contribution in [0.1, 0.15) is 50.8 Å². The van der Waals surface area contributed by atoms with E-state index in [1.165, 1.54) is 17.7 Å². The Balaban J connectivity index is 1.61. The highest BCUT2D eigenvalue weighted by Gasteiger charge is 2.11. The van der Waals surface area contributed by atoms with E-state index in [-0.39, 0.29) is 0 Å². The maximum absolute atomic E-state index is 9.61. The summed E-state index contributed by atoms with van der Waals surface area (Å²) in [4.78, 5) is 4.71. The Bertz CT molecular complexity index is 440. The molecule has 1 aliphatic heterocycles. The number of fused-ring (bicyclic) bond motifs is 1. The summed E-state index contributed by atoms with van der Waals surface area (Å²) in [5.74, 6) is 1.10. The minimum Gasteiger partial charge on any atom is -0.390 e. The highest BCUT2D eigenvalue weighted by molar-refractivity contribution is 5.46. The molecule has 0 unspecified atom stereocenters. The predicted octanol–water partition coefficient (Wildman–Crippen LogP) is 2.51. The van der Waals surface area contributed by atoms with Crippen molar-refractivity contribution in [3.63, 3.8) is 0 Å². The number of nitrogens with zero attached hydrogens (tertiary/aromatic N) is 1. The van der Waals surface area contributed by atoms with Crippen LogP contribution in [0.5, 0.6) is 0 Å². The molecule has 0 atom stereocenters. The summed E-state index contributed by atoms with van der Waals surface area (Å²) < 4.78 is 0. The molecule has 0 saturated carbocycles. The third-order valence-electron chi connectivity index (χ3n) is 3.90. The number of aryl methyl sites for hydroxylation is 2. The van der Waals surface area contributed by atoms with E-state index in [1.54, 1.807) is 0 Å². The van der Waals surface area contributed by atoms with Crippen LogP contribution in [0.3, 0.4) is 0 Å². The molecule has 21 heavy (non-hydrogen) atoms. The number of aromatic nitrogens is 1. The zero-order chi connectivity index (χ0) is 15.1. The van der Waals surface area contributed by atoms with Crippen molar-refractivity contribution in [2.75, 3.05) is 25.0 Å². The predicted molar refractivity (Wildman–Crippen MR) is 87.8 cm³/mol. The lowest BCUT2D eigenvalue weighted by atomic mass is 10.1. The molecule has 0 saturated heterocycles. The Morgan fingerprint density at radius 2 is 2.14 bits per heavy atom. The number of rotatable bonds is 8. The van der Waals surface area contributed by atoms with Gasteiger partial charge in [0.25, 0.3) is 0 Å². The van der Waals surface area contributed by atoms with E-state index in [0.717, 1.165) is 57.6 Å². The number of pyridine rings is 1. The number of unbranched alkanes of at least 4 members (excludes halogenated alkanes) is 1. The molecule has 1 aliphatic rings. The largest absolute Gasteiger partial charge is 0.390 e. The van der Waals surface area contributed by atoms with Gasteiger partial charge >= 0.3 is 0 Å². The van der Waals surface area contributed by atoms with Gasteiger partial charge in [0.1, 0.15) is 5.82 Å². The summed E-state index contributed by atoms with van der Waals surface area (Å²) in [5, 5.41) is 16.4. The maximum Gasteiger partial charge on any atom is 0.129 e. The first-order valence-corrected chi connectivity index (χ1v) is 8.20. The van der Waals surface area contributed by atoms with Crippen LogP contribution < -0.4 is 10.6 Å². The quantitative estimate of drug-likeness (QED) is 0.644. The number of aliphatic hydroxyl groups is 1. The van der Waals surface area contributed by atoms with Crippen molar-refractivity contribution in [1.82, 2.24) is 10.3 Å². The standard InChI is InChI=1S/C17H29N3O/c1-17(2,21)10-13-18-11-4-3-7-15-9-8-14-6-5-12-19-16(14)20-15/h8-9,18,21H,3-7,10-13H2,1-2H3,(H,19,20). The second-order valence-corrected chi connectivity index (χ2v) is 6.61. The molecule has 0 bridgehead atoms. The second kappa shape index (κ2) is 7.76. The zero-order valence-corrected chi connectivity index (χ0v) is 13.4. The van der Waals surface area contributed by atoms with Crippen LogP contribution >= 0.6 is 0 Å². The van der Waals surface area contributed by atoms with Crippen LogP contribution in [-0.2, 0) is 12.8 Å². The van der Waals surface area contributed by atoms with E-state index in [0.29, 0.717) is 0 Å². The summed E-state index contributed by atoms with van der Waals surface area (Å²) >= 11 is 0. The minimum atomic E-state index is -0.562. The van der Waals surface area contributed by atoms with Gasteiger partial charge in [-0.2, -0.15) is 0 Å². The van der Waals surface area contributed by atoms with Crippen LogP contribution in [-0.4, -0.2) is 35.3 Å². The van der Waals surface area contributed by atoms with Crippen molar-refractivity contribution >= 4 is 5.82 Å². The van der Waals surface area contributed by atoms with Crippen molar-refractivity contribution in [1.29, 1.82) is 0 Å². The maximum atomic E-state index is 9.61. The van der Waals surface area contributed by atoms with Gasteiger partial charge in [-0.25, -0.2) is 4.98 Å². The zero-order valence-electron chi connectivity index (χ0n) is 13.4. The van der Waals surface area contributed by atoms with Crippen molar-refractivity contribution in [2.45, 2.75) is 58.0 Å². The Morgan fingerprint density at radius 3 is 2.95 bits per heavy atom. The van der Waals surface area contributed by atoms with Crippen molar-refractivity contribution in [3.8, 4) is 0 Å². The van der Waals surface area contributed by atoms with Crippen molar-refractivity contribution in [2.24, 2.45) is 0 Å². The molecule has 0 amide bonds. The average molecular weight is 291 g/mol. The Hall–Kier alpha value is -1.13. The molecule has 0 spiro atoms. The molecule has 2 rings (SSSR count). The van der Waals surface area contributed by atoms with Gasteiger partial charge in [-0.1, -0.05) is 6.07 Å². The van der Waals surface area contributed by atoms with Gasteiger partial charge < -0.3 is 15.7 Å². The first kappa shape index (κ1) is 16.2. The van der Waals surface area contributed by atoms with Crippen LogP contribution in [0.2, 0.25) is 0 Å². The van der Waals surface area contributed by atoms with Gasteiger partial charge in [-0.15, -0.1) is 0 Å². The Labute approximate surface area is 128 Å². The first-order chi connectivity index (χ1) is 10.0. The van der Waals surface area contributed by atoms with Crippen LogP contribution in [0.15, 0.2) is 12.1 Å². The summed E-state index contributed by atoms with van der Waals surface area (Å²) in [6, 6.07) is 4.40. The van der Waals surface area contributed by atoms with E-state index in [2.05, 4.69) is 22.8 Å². The topological polar surface area (TPSA) is 57.2 Å². The molecule has 4 heteroatoms. The fourth-order valence-electron chi connectivity index (χ4n) is 2.58. The molecule has 0 radical (unpaired) electrons. The second-order valence-electron chi connectivity index (χ2n) is 6.61. The molecule has 1 aromatic heterocycles. The fourth-order valence-corrected chi connectivity index (χ4v) is 2.58. The molecule has 1 aromatic rings. The van der Waals surface area contributed by atoms with E-state index in [9.17, 15) is 5.11 Å². The van der Waals surface area contributed by atoms with Crippen molar-refractivity contribution < 1.29 is 5.11 Å². The first-order valence-electron chi connectivity index (χ1n) is 8.20. The van der Waals surface area contributed by atoms with Crippen LogP contribution in [0, 0.1) is 0 Å². The molecule has 3 N–H and O–H groups in total. The molecular weight excluding hydrogens is 262 g/mol. The number of hydrogen-bond acceptors (Lipinski definition) is 4. The molecule has 118 valence electrons. The van der Waals surface area contributed by atoms with Gasteiger partial charge in [0.15, 0.2) is 0 Å². The monoisotopic (exact) mass is 291 g/mol. The van der Waals surface area contributed by atoms with E-state index in [1.807, 2.05) is 13.8 Å². The lowest BCUT2D eigenvalue weighted by molar-refractivity contribution is 0.0712. The molecule has 0 aromatic carbocycles. The number of nitrogens with one attached hydrogen (secondary N) is 2. The molecule has 0 fully saturated rings. The summed E-state index contributed by atoms with van der Waals surface area (Å²) in [6.07, 6.45) is 6.51. The van der Waals surface area contributed by atoms with Gasteiger partial charge in [0.05, 0.1) is 5.60 Å². The number of anilines is 1. The Morgan fingerprint density at radius 1 is 1.29 bits per heavy atom. The third kappa shape index (κ3) is 6.02. The highest BCUT2D eigenvalue weighted by Crippen LogP contribution is 2.20. The van der Waals surface area contributed by atoms with Crippen LogP contribution in [0.4, 0.5) is 5.82 Å². The lowest BCUT2D eigenvalue weighted by Gasteiger charge is -2.17. The summed E-state index contributed by atoms with van der Waals surface area (Å²) in [5.41, 5.74) is 1.99. The normalized spacial score (nSPS) is 14.6. The summed E-state index contributed by atoms with van der Waals surface area (Å²) in [7, 11) is 0. The molecule has 0 aliphatic carbocycles. The van der Waals surface area contributed by atoms with Crippen molar-refractivity contribution in [3.05, 3.63) is 23.4 Å². The SMILES string of the molecule is CC(C)(O)CCNCCCCc1ccc2c(n1)NCCC2. The number of hydrogen-bond donors (Lipinski definition) is 3. The van der Waals surface area contributed by atoms with E-state index in [4.69, 9.17) is 4.98 Å².